The number of cyclic esters (lactones) is 1. The Bertz CT molecular complexity index is 938. The number of allylic oxidation sites excluding steroid dienone is 3. The maximum absolute atomic E-state index is 12.8. The van der Waals surface area contributed by atoms with Crippen molar-refractivity contribution in [2.45, 2.75) is 78.3 Å². The van der Waals surface area contributed by atoms with Crippen molar-refractivity contribution in [3.8, 4) is 0 Å². The first-order chi connectivity index (χ1) is 15.9. The first-order valence-corrected chi connectivity index (χ1v) is 12.0. The second kappa shape index (κ2) is 11.8. The monoisotopic (exact) mass is 452 g/mol. The minimum atomic E-state index is -0.315. The number of benzene rings is 1. The minimum Gasteiger partial charge on any atom is -0.462 e. The molecule has 33 heavy (non-hydrogen) atoms. The molecule has 0 saturated carbocycles. The van der Waals surface area contributed by atoms with E-state index in [4.69, 9.17) is 9.57 Å². The maximum atomic E-state index is 12.8. The summed E-state index contributed by atoms with van der Waals surface area (Å²) in [6.45, 7) is 8.35. The van der Waals surface area contributed by atoms with E-state index in [1.54, 1.807) is 0 Å². The number of aryl methyl sites for hydroxylation is 2. The van der Waals surface area contributed by atoms with E-state index in [2.05, 4.69) is 31.2 Å². The zero-order chi connectivity index (χ0) is 23.8. The average Bonchev–Trinajstić information content (AvgIpc) is 3.09. The molecule has 6 nitrogen and oxygen atoms in total. The van der Waals surface area contributed by atoms with Crippen molar-refractivity contribution in [3.05, 3.63) is 58.7 Å². The normalized spacial score (nSPS) is 24.2. The molecule has 1 aromatic rings. The molecule has 2 unspecified atom stereocenters. The van der Waals surface area contributed by atoms with Crippen LogP contribution in [0.4, 0.5) is 0 Å². The zero-order valence-electron chi connectivity index (χ0n) is 20.3. The van der Waals surface area contributed by atoms with Crippen molar-refractivity contribution in [2.24, 2.45) is 5.16 Å². The lowest BCUT2D eigenvalue weighted by molar-refractivity contribution is -0.138. The highest BCUT2D eigenvalue weighted by Crippen LogP contribution is 2.24. The molecule has 1 saturated heterocycles. The fourth-order valence-electron chi connectivity index (χ4n) is 4.67. The number of likely N-dealkylation sites (tertiary alicyclic amines) is 1. The van der Waals surface area contributed by atoms with Crippen LogP contribution in [0.5, 0.6) is 0 Å². The van der Waals surface area contributed by atoms with E-state index in [0.717, 1.165) is 42.4 Å². The van der Waals surface area contributed by atoms with Crippen LogP contribution in [0, 0.1) is 13.8 Å². The van der Waals surface area contributed by atoms with Gasteiger partial charge in [0.1, 0.15) is 0 Å². The molecule has 3 rings (SSSR count). The number of fused-ring (bicyclic) bond motifs is 1. The first kappa shape index (κ1) is 24.7. The Labute approximate surface area is 197 Å². The lowest BCUT2D eigenvalue weighted by Crippen LogP contribution is -2.40. The summed E-state index contributed by atoms with van der Waals surface area (Å²) < 4.78 is 5.53. The number of amides is 1. The molecule has 0 radical (unpaired) electrons. The molecule has 2 atom stereocenters. The van der Waals surface area contributed by atoms with Gasteiger partial charge in [-0.2, -0.15) is 0 Å². The first-order valence-electron chi connectivity index (χ1n) is 12.0. The second-order valence-corrected chi connectivity index (χ2v) is 9.10. The molecule has 0 bridgehead atoms. The van der Waals surface area contributed by atoms with Gasteiger partial charge in [0, 0.05) is 18.5 Å². The molecule has 0 aliphatic carbocycles. The van der Waals surface area contributed by atoms with Crippen LogP contribution >= 0.6 is 0 Å². The number of oxime groups is 1. The van der Waals surface area contributed by atoms with Gasteiger partial charge >= 0.3 is 5.97 Å². The third-order valence-corrected chi connectivity index (χ3v) is 6.24. The minimum absolute atomic E-state index is 0.0393. The Hall–Kier alpha value is -2.89. The fourth-order valence-corrected chi connectivity index (χ4v) is 4.67. The number of rotatable bonds is 3. The van der Waals surface area contributed by atoms with Gasteiger partial charge in [0.05, 0.1) is 17.9 Å². The van der Waals surface area contributed by atoms with Gasteiger partial charge in [-0.15, -0.1) is 0 Å². The highest BCUT2D eigenvalue weighted by atomic mass is 16.6. The second-order valence-electron chi connectivity index (χ2n) is 9.10. The Balaban J connectivity index is 1.82. The van der Waals surface area contributed by atoms with Crippen LogP contribution in [-0.2, 0) is 20.8 Å². The predicted molar refractivity (Wildman–Crippen MR) is 130 cm³/mol. The summed E-state index contributed by atoms with van der Waals surface area (Å²) in [7, 11) is 0. The molecule has 6 heteroatoms. The van der Waals surface area contributed by atoms with Crippen LogP contribution in [0.1, 0.15) is 73.0 Å². The third kappa shape index (κ3) is 6.80. The summed E-state index contributed by atoms with van der Waals surface area (Å²) in [5.41, 5.74) is 4.06. The molecule has 1 amide bonds. The molecule has 1 aromatic carbocycles. The smallest absolute Gasteiger partial charge is 0.338 e. The Morgan fingerprint density at radius 3 is 2.55 bits per heavy atom. The largest absolute Gasteiger partial charge is 0.462 e. The number of hydrogen-bond donors (Lipinski definition) is 0. The number of ether oxygens (including phenoxy) is 1. The summed E-state index contributed by atoms with van der Waals surface area (Å²) in [5, 5.41) is 4.31. The van der Waals surface area contributed by atoms with Crippen LogP contribution < -0.4 is 0 Å². The summed E-state index contributed by atoms with van der Waals surface area (Å²) in [4.78, 5) is 32.9. The van der Waals surface area contributed by atoms with E-state index in [1.165, 1.54) is 0 Å². The standard InChI is InChI=1S/C27H36N2O4/c1-19-15-20(2)26-23(16-19)17-24(11-9-7-5-6-8-10-14-32-27(26)31)28-33-18-25(30)29-21(3)12-13-22(29)4/h6,8-9,11,15-16,21-22H,5,7,10,12-14,17-18H2,1-4H3/b8-6+,11-9?,28-24-. The molecular weight excluding hydrogens is 416 g/mol. The van der Waals surface area contributed by atoms with Gasteiger partial charge in [-0.1, -0.05) is 41.1 Å². The van der Waals surface area contributed by atoms with E-state index < -0.39 is 0 Å². The van der Waals surface area contributed by atoms with E-state index in [9.17, 15) is 9.59 Å². The number of carbonyl (C=O) groups is 2. The van der Waals surface area contributed by atoms with Gasteiger partial charge in [-0.3, -0.25) is 4.79 Å². The van der Waals surface area contributed by atoms with Crippen LogP contribution in [0.3, 0.4) is 0 Å². The van der Waals surface area contributed by atoms with E-state index in [0.29, 0.717) is 30.7 Å². The van der Waals surface area contributed by atoms with Gasteiger partial charge in [-0.05, 0) is 77.0 Å². The van der Waals surface area contributed by atoms with Crippen LogP contribution in [0.2, 0.25) is 0 Å². The van der Waals surface area contributed by atoms with Gasteiger partial charge in [0.25, 0.3) is 5.91 Å². The summed E-state index contributed by atoms with van der Waals surface area (Å²) in [6.07, 6.45) is 13.1. The topological polar surface area (TPSA) is 68.2 Å². The molecule has 0 N–H and O–H groups in total. The highest BCUT2D eigenvalue weighted by molar-refractivity contribution is 6.00. The quantitative estimate of drug-likeness (QED) is 0.365. The van der Waals surface area contributed by atoms with Gasteiger partial charge in [0.15, 0.2) is 6.61 Å². The molecule has 178 valence electrons. The number of carbonyl (C=O) groups excluding carboxylic acids is 2. The average molecular weight is 453 g/mol. The highest BCUT2D eigenvalue weighted by Gasteiger charge is 2.31. The predicted octanol–water partition coefficient (Wildman–Crippen LogP) is 5.07. The summed E-state index contributed by atoms with van der Waals surface area (Å²) in [6, 6.07) is 4.45. The molecular formula is C27H36N2O4. The Morgan fingerprint density at radius 1 is 1.09 bits per heavy atom. The number of esters is 1. The zero-order valence-corrected chi connectivity index (χ0v) is 20.3. The van der Waals surface area contributed by atoms with E-state index in [1.807, 2.05) is 43.0 Å². The van der Waals surface area contributed by atoms with Gasteiger partial charge in [-0.25, -0.2) is 4.79 Å². The number of nitrogens with zero attached hydrogens (tertiary/aromatic N) is 2. The van der Waals surface area contributed by atoms with Crippen molar-refractivity contribution in [3.63, 3.8) is 0 Å². The number of hydrogen-bond acceptors (Lipinski definition) is 5. The van der Waals surface area contributed by atoms with Crippen molar-refractivity contribution >= 4 is 17.6 Å². The van der Waals surface area contributed by atoms with Crippen LogP contribution in [-0.4, -0.2) is 47.8 Å². The summed E-state index contributed by atoms with van der Waals surface area (Å²) >= 11 is 0. The van der Waals surface area contributed by atoms with Crippen LogP contribution in [0.25, 0.3) is 0 Å². The third-order valence-electron chi connectivity index (χ3n) is 6.24. The summed E-state index contributed by atoms with van der Waals surface area (Å²) in [5.74, 6) is -0.355. The van der Waals surface area contributed by atoms with Gasteiger partial charge < -0.3 is 14.5 Å². The van der Waals surface area contributed by atoms with E-state index in [-0.39, 0.29) is 30.6 Å². The Morgan fingerprint density at radius 2 is 1.79 bits per heavy atom. The SMILES string of the molecule is Cc1cc(C)c2c(c1)C/C(=N\OCC(=O)N1C(C)CCC1C)C=CCC/C=C/CCOC2=O. The van der Waals surface area contributed by atoms with Crippen molar-refractivity contribution in [2.75, 3.05) is 13.2 Å². The molecule has 2 aliphatic rings. The molecule has 2 aliphatic heterocycles. The van der Waals surface area contributed by atoms with E-state index >= 15 is 0 Å². The molecule has 1 fully saturated rings. The Kier molecular flexibility index (Phi) is 8.87. The van der Waals surface area contributed by atoms with Crippen molar-refractivity contribution in [1.29, 1.82) is 0 Å². The fraction of sp³-hybridized carbons (Fsp3) is 0.519. The lowest BCUT2D eigenvalue weighted by Gasteiger charge is -2.25. The van der Waals surface area contributed by atoms with Crippen molar-refractivity contribution < 1.29 is 19.2 Å². The lowest BCUT2D eigenvalue weighted by atomic mass is 9.95. The molecule has 0 spiro atoms. The van der Waals surface area contributed by atoms with Crippen molar-refractivity contribution in [1.82, 2.24) is 4.90 Å². The maximum Gasteiger partial charge on any atom is 0.338 e. The van der Waals surface area contributed by atoms with Crippen LogP contribution in [0.15, 0.2) is 41.6 Å². The molecule has 2 heterocycles. The van der Waals surface area contributed by atoms with Gasteiger partial charge in [0.2, 0.25) is 0 Å². The molecule has 0 aromatic heterocycles.